The Labute approximate surface area is 165 Å². The van der Waals surface area contributed by atoms with Gasteiger partial charge in [0.2, 0.25) is 5.95 Å². The van der Waals surface area contributed by atoms with Gasteiger partial charge < -0.3 is 9.47 Å². The van der Waals surface area contributed by atoms with Crippen molar-refractivity contribution in [2.45, 2.75) is 13.2 Å². The van der Waals surface area contributed by atoms with E-state index in [1.54, 1.807) is 4.68 Å². The Morgan fingerprint density at radius 1 is 1.21 bits per heavy atom. The van der Waals surface area contributed by atoms with Gasteiger partial charge in [-0.1, -0.05) is 36.4 Å². The summed E-state index contributed by atoms with van der Waals surface area (Å²) in [5.41, 5.74) is 1.63. The first-order valence-corrected chi connectivity index (χ1v) is 8.59. The van der Waals surface area contributed by atoms with Crippen molar-refractivity contribution in [2.24, 2.45) is 0 Å². The highest BCUT2D eigenvalue weighted by molar-refractivity contribution is 6.00. The molecule has 0 aliphatic rings. The number of aromatic nitrogens is 3. The lowest BCUT2D eigenvalue weighted by atomic mass is 10.2. The standard InChI is InChI=1S/C20H18F2N4O3/c1-28-17-11-14(7-9-16(17)29-19(21)22)8-10-18(27)24-20-23-13-26(25-20)12-15-5-3-2-4-6-15/h2-11,13,19H,12H2,1H3,(H,24,25,27)/b10-8+. The summed E-state index contributed by atoms with van der Waals surface area (Å²) in [5.74, 6) is -0.213. The lowest BCUT2D eigenvalue weighted by Gasteiger charge is -2.10. The van der Waals surface area contributed by atoms with E-state index in [0.29, 0.717) is 12.1 Å². The molecule has 3 rings (SSSR count). The van der Waals surface area contributed by atoms with Crippen molar-refractivity contribution in [3.05, 3.63) is 72.1 Å². The lowest BCUT2D eigenvalue weighted by Crippen LogP contribution is -2.10. The van der Waals surface area contributed by atoms with E-state index in [0.717, 1.165) is 5.56 Å². The lowest BCUT2D eigenvalue weighted by molar-refractivity contribution is -0.111. The molecule has 0 aliphatic heterocycles. The van der Waals surface area contributed by atoms with Crippen LogP contribution in [0.25, 0.3) is 6.08 Å². The van der Waals surface area contributed by atoms with Crippen LogP contribution in [0.1, 0.15) is 11.1 Å². The summed E-state index contributed by atoms with van der Waals surface area (Å²) >= 11 is 0. The molecule has 9 heteroatoms. The molecular weight excluding hydrogens is 382 g/mol. The minimum Gasteiger partial charge on any atom is -0.493 e. The molecule has 0 fully saturated rings. The molecule has 7 nitrogen and oxygen atoms in total. The first-order chi connectivity index (χ1) is 14.0. The van der Waals surface area contributed by atoms with E-state index in [9.17, 15) is 13.6 Å². The summed E-state index contributed by atoms with van der Waals surface area (Å²) < 4.78 is 35.7. The Hall–Kier alpha value is -3.75. The number of nitrogens with zero attached hydrogens (tertiary/aromatic N) is 3. The smallest absolute Gasteiger partial charge is 0.387 e. The van der Waals surface area contributed by atoms with Crippen molar-refractivity contribution < 1.29 is 23.0 Å². The second-order valence-electron chi connectivity index (χ2n) is 5.86. The molecule has 0 unspecified atom stereocenters. The van der Waals surface area contributed by atoms with Crippen molar-refractivity contribution in [3.63, 3.8) is 0 Å². The summed E-state index contributed by atoms with van der Waals surface area (Å²) in [7, 11) is 1.34. The van der Waals surface area contributed by atoms with Crippen LogP contribution in [0.15, 0.2) is 60.9 Å². The second kappa shape index (κ2) is 9.45. The molecule has 150 valence electrons. The van der Waals surface area contributed by atoms with Gasteiger partial charge in [-0.05, 0) is 29.3 Å². The zero-order valence-corrected chi connectivity index (χ0v) is 15.5. The predicted octanol–water partition coefficient (Wildman–Crippen LogP) is 3.59. The molecule has 1 heterocycles. The third kappa shape index (κ3) is 5.86. The highest BCUT2D eigenvalue weighted by atomic mass is 19.3. The third-order valence-corrected chi connectivity index (χ3v) is 3.79. The van der Waals surface area contributed by atoms with Gasteiger partial charge in [0.15, 0.2) is 11.5 Å². The van der Waals surface area contributed by atoms with E-state index in [1.807, 2.05) is 30.3 Å². The third-order valence-electron chi connectivity index (χ3n) is 3.79. The maximum Gasteiger partial charge on any atom is 0.387 e. The van der Waals surface area contributed by atoms with E-state index in [2.05, 4.69) is 20.1 Å². The van der Waals surface area contributed by atoms with Crippen molar-refractivity contribution >= 4 is 17.9 Å². The summed E-state index contributed by atoms with van der Waals surface area (Å²) in [6.07, 6.45) is 4.31. The van der Waals surface area contributed by atoms with Crippen molar-refractivity contribution in [1.29, 1.82) is 0 Å². The van der Waals surface area contributed by atoms with Gasteiger partial charge in [0.25, 0.3) is 5.91 Å². The SMILES string of the molecule is COc1cc(/C=C/C(=O)Nc2ncn(Cc3ccccc3)n2)ccc1OC(F)F. The Balaban J connectivity index is 1.60. The predicted molar refractivity (Wildman–Crippen MR) is 103 cm³/mol. The maximum absolute atomic E-state index is 12.4. The molecule has 1 amide bonds. The molecule has 0 aliphatic carbocycles. The van der Waals surface area contributed by atoms with E-state index in [1.165, 1.54) is 43.8 Å². The van der Waals surface area contributed by atoms with Gasteiger partial charge in [-0.15, -0.1) is 5.10 Å². The number of methoxy groups -OCH3 is 1. The van der Waals surface area contributed by atoms with Gasteiger partial charge in [0.1, 0.15) is 6.33 Å². The van der Waals surface area contributed by atoms with Crippen LogP contribution >= 0.6 is 0 Å². The molecule has 0 saturated heterocycles. The number of alkyl halides is 2. The number of hydrogen-bond acceptors (Lipinski definition) is 5. The topological polar surface area (TPSA) is 78.3 Å². The highest BCUT2D eigenvalue weighted by Gasteiger charge is 2.10. The van der Waals surface area contributed by atoms with Gasteiger partial charge >= 0.3 is 6.61 Å². The number of anilines is 1. The van der Waals surface area contributed by atoms with Crippen LogP contribution in [-0.4, -0.2) is 34.4 Å². The van der Waals surface area contributed by atoms with E-state index < -0.39 is 12.5 Å². The molecule has 0 saturated carbocycles. The average molecular weight is 400 g/mol. The van der Waals surface area contributed by atoms with Crippen LogP contribution in [0.4, 0.5) is 14.7 Å². The summed E-state index contributed by atoms with van der Waals surface area (Å²) in [4.78, 5) is 16.1. The normalized spacial score (nSPS) is 11.0. The minimum atomic E-state index is -2.95. The first-order valence-electron chi connectivity index (χ1n) is 8.59. The Bertz CT molecular complexity index is 990. The van der Waals surface area contributed by atoms with Crippen LogP contribution in [0.2, 0.25) is 0 Å². The second-order valence-corrected chi connectivity index (χ2v) is 5.86. The molecule has 0 atom stereocenters. The summed E-state index contributed by atoms with van der Waals surface area (Å²) in [6.45, 7) is -2.42. The molecule has 0 radical (unpaired) electrons. The Morgan fingerprint density at radius 2 is 2.00 bits per heavy atom. The maximum atomic E-state index is 12.4. The number of ether oxygens (including phenoxy) is 2. The summed E-state index contributed by atoms with van der Waals surface area (Å²) in [6, 6.07) is 14.1. The quantitative estimate of drug-likeness (QED) is 0.585. The van der Waals surface area contributed by atoms with E-state index >= 15 is 0 Å². The molecule has 1 aromatic heterocycles. The van der Waals surface area contributed by atoms with Gasteiger partial charge in [0, 0.05) is 6.08 Å². The zero-order valence-electron chi connectivity index (χ0n) is 15.5. The Morgan fingerprint density at radius 3 is 2.72 bits per heavy atom. The zero-order chi connectivity index (χ0) is 20.6. The number of carbonyl (C=O) groups excluding carboxylic acids is 1. The monoisotopic (exact) mass is 400 g/mol. The molecule has 29 heavy (non-hydrogen) atoms. The number of halogens is 2. The van der Waals surface area contributed by atoms with E-state index in [-0.39, 0.29) is 17.4 Å². The molecule has 1 N–H and O–H groups in total. The van der Waals surface area contributed by atoms with Crippen LogP contribution in [0.5, 0.6) is 11.5 Å². The van der Waals surface area contributed by atoms with Gasteiger partial charge in [-0.2, -0.15) is 8.78 Å². The summed E-state index contributed by atoms with van der Waals surface area (Å²) in [5, 5.41) is 6.76. The van der Waals surface area contributed by atoms with Gasteiger partial charge in [-0.3, -0.25) is 10.1 Å². The van der Waals surface area contributed by atoms with Crippen molar-refractivity contribution in [2.75, 3.05) is 12.4 Å². The van der Waals surface area contributed by atoms with Crippen LogP contribution < -0.4 is 14.8 Å². The van der Waals surface area contributed by atoms with Gasteiger partial charge in [-0.25, -0.2) is 9.67 Å². The molecule has 2 aromatic carbocycles. The van der Waals surface area contributed by atoms with Crippen molar-refractivity contribution in [1.82, 2.24) is 14.8 Å². The number of amides is 1. The first kappa shape index (κ1) is 20.0. The van der Waals surface area contributed by atoms with Crippen LogP contribution in [0.3, 0.4) is 0 Å². The molecule has 0 bridgehead atoms. The fourth-order valence-corrected chi connectivity index (χ4v) is 2.50. The van der Waals surface area contributed by atoms with Crippen molar-refractivity contribution in [3.8, 4) is 11.5 Å². The number of hydrogen-bond donors (Lipinski definition) is 1. The number of nitrogens with one attached hydrogen (secondary N) is 1. The highest BCUT2D eigenvalue weighted by Crippen LogP contribution is 2.29. The Kier molecular flexibility index (Phi) is 6.51. The fraction of sp³-hybridized carbons (Fsp3) is 0.150. The minimum absolute atomic E-state index is 0.0859. The van der Waals surface area contributed by atoms with E-state index in [4.69, 9.17) is 4.74 Å². The number of carbonyl (C=O) groups is 1. The molecular formula is C20H18F2N4O3. The van der Waals surface area contributed by atoms with Gasteiger partial charge in [0.05, 0.1) is 13.7 Å². The molecule has 0 spiro atoms. The fourth-order valence-electron chi connectivity index (χ4n) is 2.50. The van der Waals surface area contributed by atoms with Crippen LogP contribution in [-0.2, 0) is 11.3 Å². The number of rotatable bonds is 8. The number of benzene rings is 2. The molecule has 3 aromatic rings. The largest absolute Gasteiger partial charge is 0.493 e. The average Bonchev–Trinajstić information content (AvgIpc) is 3.14. The van der Waals surface area contributed by atoms with Crippen LogP contribution in [0, 0.1) is 0 Å².